The highest BCUT2D eigenvalue weighted by Crippen LogP contribution is 2.25. The molecule has 0 unspecified atom stereocenters. The van der Waals surface area contributed by atoms with Crippen molar-refractivity contribution < 1.29 is 22.0 Å². The Morgan fingerprint density at radius 2 is 1.16 bits per heavy atom. The summed E-state index contributed by atoms with van der Waals surface area (Å²) < 4.78 is 62.1. The predicted molar refractivity (Wildman–Crippen MR) is 77.1 cm³/mol. The van der Waals surface area contributed by atoms with Gasteiger partial charge in [-0.25, -0.2) is 14.4 Å². The molecule has 0 aliphatic rings. The second-order valence-corrected chi connectivity index (χ2v) is 4.47. The lowest BCUT2D eigenvalue weighted by molar-refractivity contribution is 0.426. The van der Waals surface area contributed by atoms with Crippen LogP contribution in [-0.4, -0.2) is 9.97 Å². The Balaban J connectivity index is 0.000000443. The minimum atomic E-state index is -1.78. The number of aromatic nitrogens is 2. The topological polar surface area (TPSA) is 134 Å². The van der Waals surface area contributed by atoms with Crippen LogP contribution in [0.3, 0.4) is 0 Å². The van der Waals surface area contributed by atoms with Crippen molar-refractivity contribution in [2.75, 3.05) is 5.73 Å². The van der Waals surface area contributed by atoms with Crippen LogP contribution in [0.1, 0.15) is 11.4 Å². The number of pyridine rings is 2. The lowest BCUT2D eigenvalue weighted by atomic mass is 10.3. The first-order valence-electron chi connectivity index (χ1n) is 5.45. The third-order valence-corrected chi connectivity index (χ3v) is 3.00. The molecule has 0 bridgehead atoms. The first-order valence-corrected chi connectivity index (χ1v) is 6.21. The Labute approximate surface area is 146 Å². The highest BCUT2D eigenvalue weighted by molar-refractivity contribution is 6.34. The Morgan fingerprint density at radius 3 is 1.60 bits per heavy atom. The van der Waals surface area contributed by atoms with Crippen molar-refractivity contribution in [1.29, 1.82) is 10.5 Å². The maximum atomic E-state index is 12.6. The SMILES string of the molecule is N.N#Cc1nc(F)c(F)c(F)c1Cl.N#Cc1nc(F)c(F)c(N)c1Cl. The standard InChI is InChI=1S/C6ClF3N2.C6H2ClF2N3.H3N/c7-3-2(1-11)12-6(10)5(9)4(3)8;7-3-2(1-10)12-6(9)4(8)5(3)11;/h;(H2,11,12);1H3. The molecule has 2 heterocycles. The molecule has 25 heavy (non-hydrogen) atoms. The molecule has 0 aliphatic carbocycles. The van der Waals surface area contributed by atoms with Crippen molar-refractivity contribution in [2.45, 2.75) is 0 Å². The smallest absolute Gasteiger partial charge is 0.253 e. The number of halogens is 7. The van der Waals surface area contributed by atoms with E-state index in [-0.39, 0.29) is 11.2 Å². The number of nitrogen functional groups attached to an aromatic ring is 1. The van der Waals surface area contributed by atoms with Gasteiger partial charge in [0.05, 0.1) is 5.69 Å². The fourth-order valence-electron chi connectivity index (χ4n) is 1.17. The van der Waals surface area contributed by atoms with E-state index in [4.69, 9.17) is 39.5 Å². The fraction of sp³-hybridized carbons (Fsp3) is 0. The van der Waals surface area contributed by atoms with Gasteiger partial charge >= 0.3 is 0 Å². The number of nitriles is 2. The molecule has 0 amide bonds. The van der Waals surface area contributed by atoms with Crippen LogP contribution in [0.4, 0.5) is 27.6 Å². The molecule has 0 saturated heterocycles. The molecule has 0 aliphatic heterocycles. The molecule has 0 atom stereocenters. The van der Waals surface area contributed by atoms with Crippen LogP contribution in [0.2, 0.25) is 10.0 Å². The fourth-order valence-corrected chi connectivity index (χ4v) is 1.50. The van der Waals surface area contributed by atoms with Gasteiger partial charge in [-0.1, -0.05) is 23.2 Å². The number of hydrogen-bond acceptors (Lipinski definition) is 6. The maximum Gasteiger partial charge on any atom is 0.253 e. The van der Waals surface area contributed by atoms with E-state index in [1.54, 1.807) is 0 Å². The molecule has 2 rings (SSSR count). The van der Waals surface area contributed by atoms with Gasteiger partial charge in [0.1, 0.15) is 22.2 Å². The van der Waals surface area contributed by atoms with Crippen LogP contribution in [-0.2, 0) is 0 Å². The Kier molecular flexibility index (Phi) is 7.96. The van der Waals surface area contributed by atoms with Crippen LogP contribution in [0.25, 0.3) is 0 Å². The summed E-state index contributed by atoms with van der Waals surface area (Å²) in [5.74, 6) is -7.80. The third kappa shape index (κ3) is 4.64. The average Bonchev–Trinajstić information content (AvgIpc) is 2.58. The van der Waals surface area contributed by atoms with Gasteiger partial charge in [0.15, 0.2) is 17.2 Å². The molecule has 0 radical (unpaired) electrons. The van der Waals surface area contributed by atoms with E-state index in [2.05, 4.69) is 9.97 Å². The molecule has 2 aromatic heterocycles. The van der Waals surface area contributed by atoms with Crippen molar-refractivity contribution in [2.24, 2.45) is 0 Å². The summed E-state index contributed by atoms with van der Waals surface area (Å²) in [4.78, 5) is 5.71. The summed E-state index contributed by atoms with van der Waals surface area (Å²) in [6.07, 6.45) is 0. The zero-order valence-electron chi connectivity index (χ0n) is 11.7. The average molecular weight is 399 g/mol. The van der Waals surface area contributed by atoms with E-state index in [0.717, 1.165) is 0 Å². The van der Waals surface area contributed by atoms with Gasteiger partial charge in [-0.2, -0.15) is 28.1 Å². The normalized spacial score (nSPS) is 9.16. The molecule has 2 aromatic rings. The minimum absolute atomic E-state index is 0. The first-order chi connectivity index (χ1) is 11.1. The van der Waals surface area contributed by atoms with Crippen molar-refractivity contribution in [3.63, 3.8) is 0 Å². The minimum Gasteiger partial charge on any atom is -0.395 e. The summed E-state index contributed by atoms with van der Waals surface area (Å²) >= 11 is 10.5. The van der Waals surface area contributed by atoms with Gasteiger partial charge in [0, 0.05) is 0 Å². The number of anilines is 1. The number of rotatable bonds is 0. The van der Waals surface area contributed by atoms with E-state index < -0.39 is 51.4 Å². The third-order valence-electron chi connectivity index (χ3n) is 2.27. The van der Waals surface area contributed by atoms with Gasteiger partial charge in [-0.15, -0.1) is 0 Å². The second-order valence-electron chi connectivity index (χ2n) is 3.71. The van der Waals surface area contributed by atoms with Gasteiger partial charge in [0.25, 0.3) is 11.9 Å². The summed E-state index contributed by atoms with van der Waals surface area (Å²) in [7, 11) is 0. The van der Waals surface area contributed by atoms with Crippen molar-refractivity contribution in [1.82, 2.24) is 16.1 Å². The van der Waals surface area contributed by atoms with E-state index >= 15 is 0 Å². The monoisotopic (exact) mass is 398 g/mol. The molecule has 0 aromatic carbocycles. The van der Waals surface area contributed by atoms with Gasteiger partial charge in [-0.3, -0.25) is 0 Å². The summed E-state index contributed by atoms with van der Waals surface area (Å²) in [6, 6.07) is 2.79. The Morgan fingerprint density at radius 1 is 0.760 bits per heavy atom. The lowest BCUT2D eigenvalue weighted by Gasteiger charge is -2.00. The van der Waals surface area contributed by atoms with Gasteiger partial charge < -0.3 is 11.9 Å². The van der Waals surface area contributed by atoms with E-state index in [9.17, 15) is 22.0 Å². The zero-order chi connectivity index (χ0) is 18.6. The van der Waals surface area contributed by atoms with E-state index in [0.29, 0.717) is 0 Å². The van der Waals surface area contributed by atoms with Gasteiger partial charge in [0.2, 0.25) is 11.6 Å². The number of nitrogens with zero attached hydrogens (tertiary/aromatic N) is 4. The number of nitrogens with two attached hydrogens (primary N) is 1. The molecular formula is C12H5Cl2F5N6. The molecular weight excluding hydrogens is 394 g/mol. The summed E-state index contributed by atoms with van der Waals surface area (Å²) in [6.45, 7) is 0. The first kappa shape index (κ1) is 22.3. The van der Waals surface area contributed by atoms with Crippen LogP contribution >= 0.6 is 23.2 Å². The quantitative estimate of drug-likeness (QED) is 0.513. The molecule has 13 heteroatoms. The molecule has 0 fully saturated rings. The van der Waals surface area contributed by atoms with E-state index in [1.165, 1.54) is 12.1 Å². The van der Waals surface area contributed by atoms with Crippen LogP contribution < -0.4 is 11.9 Å². The van der Waals surface area contributed by atoms with Crippen LogP contribution in [0.15, 0.2) is 0 Å². The van der Waals surface area contributed by atoms with Gasteiger partial charge in [-0.05, 0) is 0 Å². The lowest BCUT2D eigenvalue weighted by Crippen LogP contribution is -2.01. The molecule has 5 N–H and O–H groups in total. The zero-order valence-corrected chi connectivity index (χ0v) is 13.2. The molecule has 0 spiro atoms. The molecule has 132 valence electrons. The van der Waals surface area contributed by atoms with Crippen molar-refractivity contribution in [3.05, 3.63) is 50.8 Å². The molecule has 0 saturated carbocycles. The predicted octanol–water partition coefficient (Wildman–Crippen LogP) is 3.65. The van der Waals surface area contributed by atoms with Crippen LogP contribution in [0.5, 0.6) is 0 Å². The second kappa shape index (κ2) is 8.94. The Bertz CT molecular complexity index is 820. The highest BCUT2D eigenvalue weighted by Gasteiger charge is 2.18. The number of hydrogen-bond donors (Lipinski definition) is 2. The maximum absolute atomic E-state index is 12.6. The summed E-state index contributed by atoms with van der Waals surface area (Å²) in [5, 5.41) is 15.3. The van der Waals surface area contributed by atoms with Crippen molar-refractivity contribution >= 4 is 28.9 Å². The Hall–Kier alpha value is -2.73. The molecule has 6 nitrogen and oxygen atoms in total. The largest absolute Gasteiger partial charge is 0.395 e. The highest BCUT2D eigenvalue weighted by atomic mass is 35.5. The van der Waals surface area contributed by atoms with Crippen LogP contribution in [0, 0.1) is 52.0 Å². The van der Waals surface area contributed by atoms with E-state index in [1.807, 2.05) is 0 Å². The van der Waals surface area contributed by atoms with Crippen molar-refractivity contribution in [3.8, 4) is 12.1 Å². The summed E-state index contributed by atoms with van der Waals surface area (Å²) in [5.41, 5.74) is 3.33.